The lowest BCUT2D eigenvalue weighted by molar-refractivity contribution is 0.295. The molecule has 1 N–H and O–H groups in total. The summed E-state index contributed by atoms with van der Waals surface area (Å²) in [5.41, 5.74) is 2.13. The summed E-state index contributed by atoms with van der Waals surface area (Å²) in [5, 5.41) is 3.11. The fourth-order valence-electron chi connectivity index (χ4n) is 1.98. The molecule has 0 aliphatic heterocycles. The van der Waals surface area contributed by atoms with Gasteiger partial charge in [0.1, 0.15) is 12.4 Å². The number of nitrogens with zero attached hydrogens (tertiary/aromatic N) is 2. The minimum absolute atomic E-state index is 0.455. The molecule has 19 heavy (non-hydrogen) atoms. The van der Waals surface area contributed by atoms with E-state index >= 15 is 0 Å². The molecule has 3 rings (SSSR count). The lowest BCUT2D eigenvalue weighted by Crippen LogP contribution is -2.01. The van der Waals surface area contributed by atoms with Gasteiger partial charge in [-0.3, -0.25) is 0 Å². The number of rotatable bonds is 4. The molecule has 1 aromatic carbocycles. The van der Waals surface area contributed by atoms with Gasteiger partial charge in [-0.15, -0.1) is 0 Å². The summed E-state index contributed by atoms with van der Waals surface area (Å²) in [6.45, 7) is 0.455. The largest absolute Gasteiger partial charge is 0.486 e. The van der Waals surface area contributed by atoms with E-state index in [0.29, 0.717) is 6.61 Å². The van der Waals surface area contributed by atoms with Crippen LogP contribution in [0.25, 0.3) is 5.52 Å². The molecular weight excluding hydrogens is 238 g/mol. The first-order chi connectivity index (χ1) is 9.36. The molecule has 0 saturated heterocycles. The number of aromatic nitrogens is 2. The number of hydrogen-bond acceptors (Lipinski definition) is 3. The Labute approximate surface area is 111 Å². The molecule has 4 heteroatoms. The van der Waals surface area contributed by atoms with Crippen LogP contribution >= 0.6 is 0 Å². The van der Waals surface area contributed by atoms with Gasteiger partial charge in [0.15, 0.2) is 5.82 Å². The van der Waals surface area contributed by atoms with Crippen molar-refractivity contribution in [3.63, 3.8) is 0 Å². The van der Waals surface area contributed by atoms with E-state index in [4.69, 9.17) is 4.74 Å². The number of anilines is 1. The molecular formula is C15H15N3O. The third kappa shape index (κ3) is 2.38. The first-order valence-electron chi connectivity index (χ1n) is 6.18. The van der Waals surface area contributed by atoms with Gasteiger partial charge in [-0.25, -0.2) is 4.98 Å². The summed E-state index contributed by atoms with van der Waals surface area (Å²) in [6.07, 6.45) is 3.85. The molecule has 0 aliphatic rings. The smallest absolute Gasteiger partial charge is 0.151 e. The Morgan fingerprint density at radius 3 is 2.84 bits per heavy atom. The number of hydrogen-bond donors (Lipinski definition) is 1. The predicted molar refractivity (Wildman–Crippen MR) is 75.5 cm³/mol. The first kappa shape index (κ1) is 11.6. The van der Waals surface area contributed by atoms with Crippen LogP contribution < -0.4 is 10.1 Å². The summed E-state index contributed by atoms with van der Waals surface area (Å²) >= 11 is 0. The van der Waals surface area contributed by atoms with Crippen LogP contribution in [0.2, 0.25) is 0 Å². The molecule has 4 nitrogen and oxygen atoms in total. The van der Waals surface area contributed by atoms with Gasteiger partial charge in [-0.05, 0) is 24.3 Å². The van der Waals surface area contributed by atoms with Crippen LogP contribution in [0.1, 0.15) is 5.82 Å². The molecule has 0 bridgehead atoms. The number of imidazole rings is 1. The molecule has 0 fully saturated rings. The zero-order chi connectivity index (χ0) is 13.1. The van der Waals surface area contributed by atoms with E-state index in [1.807, 2.05) is 60.2 Å². The van der Waals surface area contributed by atoms with Crippen molar-refractivity contribution in [2.45, 2.75) is 6.61 Å². The maximum Gasteiger partial charge on any atom is 0.151 e. The van der Waals surface area contributed by atoms with E-state index in [9.17, 15) is 0 Å². The predicted octanol–water partition coefficient (Wildman–Crippen LogP) is 2.96. The lowest BCUT2D eigenvalue weighted by atomic mass is 10.3. The number of pyridine rings is 1. The molecule has 96 valence electrons. The van der Waals surface area contributed by atoms with Crippen LogP contribution in [0, 0.1) is 0 Å². The van der Waals surface area contributed by atoms with Crippen molar-refractivity contribution in [2.75, 3.05) is 12.4 Å². The van der Waals surface area contributed by atoms with Gasteiger partial charge in [0.2, 0.25) is 0 Å². The Morgan fingerprint density at radius 2 is 2.05 bits per heavy atom. The highest BCUT2D eigenvalue weighted by atomic mass is 16.5. The Balaban J connectivity index is 1.82. The molecule has 0 saturated carbocycles. The quantitative estimate of drug-likeness (QED) is 0.777. The molecule has 0 amide bonds. The third-order valence-electron chi connectivity index (χ3n) is 3.01. The molecule has 0 atom stereocenters. The topological polar surface area (TPSA) is 38.6 Å². The molecule has 0 spiro atoms. The van der Waals surface area contributed by atoms with Crippen LogP contribution in [0.3, 0.4) is 0 Å². The van der Waals surface area contributed by atoms with Crippen LogP contribution in [-0.4, -0.2) is 16.4 Å². The van der Waals surface area contributed by atoms with E-state index in [0.717, 1.165) is 22.8 Å². The molecule has 0 unspecified atom stereocenters. The maximum atomic E-state index is 5.72. The van der Waals surface area contributed by atoms with E-state index in [1.54, 1.807) is 0 Å². The molecule has 0 aliphatic carbocycles. The summed E-state index contributed by atoms with van der Waals surface area (Å²) in [6, 6.07) is 13.8. The van der Waals surface area contributed by atoms with Gasteiger partial charge < -0.3 is 14.5 Å². The van der Waals surface area contributed by atoms with Crippen molar-refractivity contribution >= 4 is 11.2 Å². The normalized spacial score (nSPS) is 10.6. The van der Waals surface area contributed by atoms with Crippen LogP contribution in [0.5, 0.6) is 5.75 Å². The van der Waals surface area contributed by atoms with Crippen LogP contribution in [0.15, 0.2) is 54.9 Å². The second kappa shape index (κ2) is 5.02. The van der Waals surface area contributed by atoms with Crippen molar-refractivity contribution < 1.29 is 4.74 Å². The monoisotopic (exact) mass is 253 g/mol. The van der Waals surface area contributed by atoms with Crippen LogP contribution in [0.4, 0.5) is 5.69 Å². The number of ether oxygens (including phenoxy) is 1. The minimum atomic E-state index is 0.455. The van der Waals surface area contributed by atoms with Crippen molar-refractivity contribution in [1.82, 2.24) is 9.38 Å². The second-order valence-electron chi connectivity index (χ2n) is 4.24. The summed E-state index contributed by atoms with van der Waals surface area (Å²) in [5.74, 6) is 1.74. The Kier molecular flexibility index (Phi) is 3.06. The van der Waals surface area contributed by atoms with Crippen LogP contribution in [-0.2, 0) is 6.61 Å². The molecule has 0 radical (unpaired) electrons. The lowest BCUT2D eigenvalue weighted by Gasteiger charge is -2.06. The van der Waals surface area contributed by atoms with Gasteiger partial charge in [0.25, 0.3) is 0 Å². The summed E-state index contributed by atoms with van der Waals surface area (Å²) in [7, 11) is 1.90. The van der Waals surface area contributed by atoms with E-state index in [-0.39, 0.29) is 0 Å². The highest BCUT2D eigenvalue weighted by Crippen LogP contribution is 2.15. The number of fused-ring (bicyclic) bond motifs is 1. The van der Waals surface area contributed by atoms with Crippen molar-refractivity contribution in [3.8, 4) is 5.75 Å². The van der Waals surface area contributed by atoms with E-state index < -0.39 is 0 Å². The van der Waals surface area contributed by atoms with E-state index in [1.165, 1.54) is 0 Å². The van der Waals surface area contributed by atoms with Crippen molar-refractivity contribution in [2.24, 2.45) is 0 Å². The standard InChI is InChI=1S/C15H15N3O/c1-16-12-7-8-18-13(9-12)10-17-15(18)11-19-14-5-3-2-4-6-14/h2-10,16H,11H2,1H3. The number of para-hydroxylation sites is 1. The van der Waals surface area contributed by atoms with Gasteiger partial charge in [0, 0.05) is 18.9 Å². The first-order valence-corrected chi connectivity index (χ1v) is 6.18. The average Bonchev–Trinajstić information content (AvgIpc) is 2.88. The fraction of sp³-hybridized carbons (Fsp3) is 0.133. The Hall–Kier alpha value is -2.49. The van der Waals surface area contributed by atoms with Gasteiger partial charge >= 0.3 is 0 Å². The van der Waals surface area contributed by atoms with E-state index in [2.05, 4.69) is 16.4 Å². The number of benzene rings is 1. The molecule has 3 aromatic rings. The average molecular weight is 253 g/mol. The minimum Gasteiger partial charge on any atom is -0.486 e. The van der Waals surface area contributed by atoms with Crippen molar-refractivity contribution in [1.29, 1.82) is 0 Å². The fourth-order valence-corrected chi connectivity index (χ4v) is 1.98. The van der Waals surface area contributed by atoms with Gasteiger partial charge in [0.05, 0.1) is 11.7 Å². The summed E-state index contributed by atoms with van der Waals surface area (Å²) in [4.78, 5) is 4.40. The second-order valence-corrected chi connectivity index (χ2v) is 4.24. The zero-order valence-corrected chi connectivity index (χ0v) is 10.7. The SMILES string of the molecule is CNc1ccn2c(COc3ccccc3)ncc2c1. The summed E-state index contributed by atoms with van der Waals surface area (Å²) < 4.78 is 7.75. The third-order valence-corrected chi connectivity index (χ3v) is 3.01. The Bertz CT molecular complexity index is 676. The Morgan fingerprint density at radius 1 is 1.21 bits per heavy atom. The zero-order valence-electron chi connectivity index (χ0n) is 10.7. The highest BCUT2D eigenvalue weighted by Gasteiger charge is 2.04. The maximum absolute atomic E-state index is 5.72. The van der Waals surface area contributed by atoms with Gasteiger partial charge in [-0.1, -0.05) is 18.2 Å². The van der Waals surface area contributed by atoms with Crippen molar-refractivity contribution in [3.05, 3.63) is 60.7 Å². The van der Waals surface area contributed by atoms with Gasteiger partial charge in [-0.2, -0.15) is 0 Å². The molecule has 2 aromatic heterocycles. The highest BCUT2D eigenvalue weighted by molar-refractivity contribution is 5.57. The number of nitrogens with one attached hydrogen (secondary N) is 1. The molecule has 2 heterocycles.